The van der Waals surface area contributed by atoms with Crippen LogP contribution >= 0.6 is 0 Å². The predicted octanol–water partition coefficient (Wildman–Crippen LogP) is 4.80. The number of imidazole rings is 2. The number of ether oxygens (including phenoxy) is 1. The van der Waals surface area contributed by atoms with Gasteiger partial charge in [0, 0.05) is 35.8 Å². The summed E-state index contributed by atoms with van der Waals surface area (Å²) < 4.78 is 6.07. The fourth-order valence-corrected chi connectivity index (χ4v) is 5.41. The van der Waals surface area contributed by atoms with E-state index in [-0.39, 0.29) is 6.10 Å². The molecular formula is C29H30N8O. The molecule has 7 rings (SSSR count). The number of nitrogens with one attached hydrogen (secondary N) is 3. The summed E-state index contributed by atoms with van der Waals surface area (Å²) >= 11 is 0. The third-order valence-electron chi connectivity index (χ3n) is 7.32. The van der Waals surface area contributed by atoms with Gasteiger partial charge in [0.15, 0.2) is 5.82 Å². The lowest BCUT2D eigenvalue weighted by atomic mass is 10.1. The molecule has 9 heteroatoms. The number of likely N-dealkylation sites (N-methyl/N-ethyl adjacent to an activating group) is 1. The van der Waals surface area contributed by atoms with Gasteiger partial charge in [-0.25, -0.2) is 9.97 Å². The fraction of sp³-hybridized carbons (Fsp3) is 0.276. The van der Waals surface area contributed by atoms with Gasteiger partial charge in [0.1, 0.15) is 11.5 Å². The van der Waals surface area contributed by atoms with Gasteiger partial charge in [0.05, 0.1) is 40.3 Å². The number of morpholine rings is 1. The molecule has 0 amide bonds. The molecule has 0 spiro atoms. The molecule has 1 aliphatic heterocycles. The second kappa shape index (κ2) is 8.97. The molecule has 3 N–H and O–H groups in total. The number of nitrogens with zero attached hydrogens (tertiary/aromatic N) is 5. The average molecular weight is 507 g/mol. The van der Waals surface area contributed by atoms with Crippen LogP contribution in [0.2, 0.25) is 0 Å². The summed E-state index contributed by atoms with van der Waals surface area (Å²) in [5.41, 5.74) is 7.80. The first-order valence-corrected chi connectivity index (χ1v) is 13.0. The van der Waals surface area contributed by atoms with Crippen LogP contribution in [0.1, 0.15) is 6.92 Å². The third kappa shape index (κ3) is 4.00. The van der Waals surface area contributed by atoms with Crippen LogP contribution in [0.25, 0.3) is 55.9 Å². The zero-order chi connectivity index (χ0) is 25.8. The van der Waals surface area contributed by atoms with E-state index >= 15 is 0 Å². The zero-order valence-corrected chi connectivity index (χ0v) is 21.7. The monoisotopic (exact) mass is 506 g/mol. The van der Waals surface area contributed by atoms with Crippen molar-refractivity contribution in [1.82, 2.24) is 35.0 Å². The largest absolute Gasteiger partial charge is 0.373 e. The molecule has 2 atom stereocenters. The van der Waals surface area contributed by atoms with Gasteiger partial charge in [-0.15, -0.1) is 0 Å². The van der Waals surface area contributed by atoms with E-state index in [1.165, 1.54) is 5.69 Å². The summed E-state index contributed by atoms with van der Waals surface area (Å²) in [6.45, 7) is 4.70. The average Bonchev–Trinajstić information content (AvgIpc) is 3.64. The Hall–Kier alpha value is -4.21. The lowest BCUT2D eigenvalue weighted by Gasteiger charge is -2.40. The molecule has 4 heterocycles. The molecule has 6 aromatic rings. The van der Waals surface area contributed by atoms with Gasteiger partial charge in [0.2, 0.25) is 0 Å². The van der Waals surface area contributed by atoms with E-state index in [2.05, 4.69) is 81.3 Å². The molecule has 2 unspecified atom stereocenters. The Labute approximate surface area is 219 Å². The quantitative estimate of drug-likeness (QED) is 0.310. The number of fused-ring (bicyclic) bond motifs is 3. The van der Waals surface area contributed by atoms with Crippen LogP contribution in [0.5, 0.6) is 0 Å². The number of aromatic amines is 3. The maximum Gasteiger partial charge on any atom is 0.159 e. The fourth-order valence-electron chi connectivity index (χ4n) is 5.41. The highest BCUT2D eigenvalue weighted by Gasteiger charge is 2.27. The number of hydrogen-bond acceptors (Lipinski definition) is 6. The molecule has 3 aromatic heterocycles. The SMILES string of the molecule is CC1COC(CN(C)C)CN1c1ccc2nc(-c3n[nH]c4ccc(-c5nc6ccccc6[nH]5)cc34)[nH]c2c1. The summed E-state index contributed by atoms with van der Waals surface area (Å²) in [6, 6.07) is 21.0. The zero-order valence-electron chi connectivity index (χ0n) is 21.7. The summed E-state index contributed by atoms with van der Waals surface area (Å²) in [6.07, 6.45) is 0.186. The van der Waals surface area contributed by atoms with E-state index < -0.39 is 0 Å². The Morgan fingerprint density at radius 2 is 1.74 bits per heavy atom. The molecular weight excluding hydrogens is 476 g/mol. The van der Waals surface area contributed by atoms with E-state index in [9.17, 15) is 0 Å². The van der Waals surface area contributed by atoms with Crippen molar-refractivity contribution in [1.29, 1.82) is 0 Å². The number of aromatic nitrogens is 6. The van der Waals surface area contributed by atoms with Crippen molar-refractivity contribution in [2.45, 2.75) is 19.1 Å². The molecule has 9 nitrogen and oxygen atoms in total. The van der Waals surface area contributed by atoms with E-state index in [4.69, 9.17) is 14.7 Å². The van der Waals surface area contributed by atoms with Crippen molar-refractivity contribution in [3.8, 4) is 22.9 Å². The minimum Gasteiger partial charge on any atom is -0.373 e. The van der Waals surface area contributed by atoms with Crippen molar-refractivity contribution < 1.29 is 4.74 Å². The van der Waals surface area contributed by atoms with E-state index in [0.29, 0.717) is 6.04 Å². The number of benzene rings is 3. The van der Waals surface area contributed by atoms with Crippen molar-refractivity contribution in [2.24, 2.45) is 0 Å². The molecule has 192 valence electrons. The molecule has 1 fully saturated rings. The highest BCUT2D eigenvalue weighted by atomic mass is 16.5. The minimum atomic E-state index is 0.186. The van der Waals surface area contributed by atoms with Crippen LogP contribution in [0.3, 0.4) is 0 Å². The van der Waals surface area contributed by atoms with Crippen LogP contribution in [0.4, 0.5) is 5.69 Å². The Morgan fingerprint density at radius 1 is 0.921 bits per heavy atom. The van der Waals surface area contributed by atoms with Crippen molar-refractivity contribution in [3.63, 3.8) is 0 Å². The van der Waals surface area contributed by atoms with Gasteiger partial charge in [-0.2, -0.15) is 5.10 Å². The van der Waals surface area contributed by atoms with Crippen molar-refractivity contribution >= 4 is 38.7 Å². The van der Waals surface area contributed by atoms with Crippen molar-refractivity contribution in [2.75, 3.05) is 38.7 Å². The Bertz CT molecular complexity index is 1730. The molecule has 1 saturated heterocycles. The van der Waals surface area contributed by atoms with Gasteiger partial charge in [-0.3, -0.25) is 5.10 Å². The lowest BCUT2D eigenvalue weighted by molar-refractivity contribution is 0.00880. The van der Waals surface area contributed by atoms with Crippen LogP contribution in [0.15, 0.2) is 60.7 Å². The Kier molecular flexibility index (Phi) is 5.41. The van der Waals surface area contributed by atoms with Crippen LogP contribution < -0.4 is 4.90 Å². The molecule has 38 heavy (non-hydrogen) atoms. The standard InChI is InChI=1S/C29H30N8O/c1-17-16-38-20(14-36(2)3)15-37(17)19-9-11-25-26(13-19)33-29(32-25)27-21-12-18(8-10-22(21)34-35-27)28-30-23-6-4-5-7-24(23)31-28/h4-13,17,20H,14-16H2,1-3H3,(H,30,31)(H,32,33)(H,34,35). The van der Waals surface area contributed by atoms with Gasteiger partial charge < -0.3 is 24.5 Å². The first kappa shape index (κ1) is 22.9. The smallest absolute Gasteiger partial charge is 0.159 e. The van der Waals surface area contributed by atoms with E-state index in [1.807, 2.05) is 30.3 Å². The van der Waals surface area contributed by atoms with Crippen LogP contribution in [-0.4, -0.2) is 81.0 Å². The Balaban J connectivity index is 1.23. The Morgan fingerprint density at radius 3 is 2.61 bits per heavy atom. The van der Waals surface area contributed by atoms with E-state index in [1.54, 1.807) is 0 Å². The summed E-state index contributed by atoms with van der Waals surface area (Å²) in [4.78, 5) is 21.2. The van der Waals surface area contributed by atoms with Crippen LogP contribution in [-0.2, 0) is 4.74 Å². The number of hydrogen-bond donors (Lipinski definition) is 3. The molecule has 0 bridgehead atoms. The molecule has 0 radical (unpaired) electrons. The summed E-state index contributed by atoms with van der Waals surface area (Å²) in [5, 5.41) is 8.77. The topological polar surface area (TPSA) is 102 Å². The molecule has 1 aliphatic rings. The first-order valence-electron chi connectivity index (χ1n) is 13.0. The third-order valence-corrected chi connectivity index (χ3v) is 7.32. The van der Waals surface area contributed by atoms with Gasteiger partial charge in [-0.05, 0) is 69.6 Å². The first-order chi connectivity index (χ1) is 18.5. The van der Waals surface area contributed by atoms with Gasteiger partial charge in [-0.1, -0.05) is 12.1 Å². The van der Waals surface area contributed by atoms with Crippen LogP contribution in [0, 0.1) is 0 Å². The van der Waals surface area contributed by atoms with E-state index in [0.717, 1.165) is 75.6 Å². The number of rotatable bonds is 5. The number of H-pyrrole nitrogens is 3. The molecule has 0 saturated carbocycles. The molecule has 0 aliphatic carbocycles. The van der Waals surface area contributed by atoms with Gasteiger partial charge >= 0.3 is 0 Å². The number of anilines is 1. The lowest BCUT2D eigenvalue weighted by Crippen LogP contribution is -2.51. The number of para-hydroxylation sites is 2. The molecule has 3 aromatic carbocycles. The summed E-state index contributed by atoms with van der Waals surface area (Å²) in [5.74, 6) is 1.58. The normalized spacial score (nSPS) is 18.4. The second-order valence-corrected chi connectivity index (χ2v) is 10.4. The predicted molar refractivity (Wildman–Crippen MR) is 151 cm³/mol. The second-order valence-electron chi connectivity index (χ2n) is 10.4. The van der Waals surface area contributed by atoms with Gasteiger partial charge in [0.25, 0.3) is 0 Å². The highest BCUT2D eigenvalue weighted by Crippen LogP contribution is 2.32. The maximum absolute atomic E-state index is 6.07. The maximum atomic E-state index is 6.07. The summed E-state index contributed by atoms with van der Waals surface area (Å²) in [7, 11) is 4.17. The van der Waals surface area contributed by atoms with Crippen molar-refractivity contribution in [3.05, 3.63) is 60.7 Å². The highest BCUT2D eigenvalue weighted by molar-refractivity contribution is 5.96. The minimum absolute atomic E-state index is 0.186.